The number of aliphatic hydroxyl groups is 2. The second-order valence-electron chi connectivity index (χ2n) is 10.5. The molecule has 3 N–H and O–H groups in total. The van der Waals surface area contributed by atoms with Crippen LogP contribution in [-0.2, 0) is 4.79 Å². The Bertz CT molecular complexity index is 623. The van der Waals surface area contributed by atoms with E-state index in [9.17, 15) is 15.0 Å². The SMILES string of the molecule is CCCC/C=C/CC/C=C/CC/C=C/C(O)C(CO)NC(=O)CCCCCCC/C=C\CCCCCCC. The highest BCUT2D eigenvalue weighted by atomic mass is 16.3. The molecule has 0 heterocycles. The van der Waals surface area contributed by atoms with E-state index in [1.807, 2.05) is 6.08 Å². The molecule has 2 atom stereocenters. The number of hydrogen-bond acceptors (Lipinski definition) is 3. The molecule has 220 valence electrons. The summed E-state index contributed by atoms with van der Waals surface area (Å²) in [7, 11) is 0. The normalized spacial score (nSPS) is 13.9. The minimum atomic E-state index is -0.870. The van der Waals surface area contributed by atoms with Crippen molar-refractivity contribution in [1.82, 2.24) is 5.32 Å². The molecule has 0 aliphatic heterocycles. The van der Waals surface area contributed by atoms with Crippen LogP contribution in [0.25, 0.3) is 0 Å². The van der Waals surface area contributed by atoms with Gasteiger partial charge in [0.1, 0.15) is 0 Å². The maximum atomic E-state index is 12.2. The van der Waals surface area contributed by atoms with Gasteiger partial charge in [-0.1, -0.05) is 120 Å². The molecular weight excluding hydrogens is 470 g/mol. The highest BCUT2D eigenvalue weighted by molar-refractivity contribution is 5.76. The topological polar surface area (TPSA) is 69.6 Å². The number of allylic oxidation sites excluding steroid dienone is 7. The van der Waals surface area contributed by atoms with E-state index in [0.29, 0.717) is 6.42 Å². The van der Waals surface area contributed by atoms with Gasteiger partial charge in [-0.3, -0.25) is 4.79 Å². The van der Waals surface area contributed by atoms with Crippen LogP contribution in [0, 0.1) is 0 Å². The van der Waals surface area contributed by atoms with Crippen LogP contribution in [0.5, 0.6) is 0 Å². The Morgan fingerprint density at radius 1 is 0.605 bits per heavy atom. The van der Waals surface area contributed by atoms with Crippen LogP contribution in [0.4, 0.5) is 0 Å². The average Bonchev–Trinajstić information content (AvgIpc) is 2.92. The van der Waals surface area contributed by atoms with Crippen LogP contribution in [0.2, 0.25) is 0 Å². The Morgan fingerprint density at radius 3 is 1.61 bits per heavy atom. The summed E-state index contributed by atoms with van der Waals surface area (Å²) in [5.41, 5.74) is 0. The summed E-state index contributed by atoms with van der Waals surface area (Å²) in [5.74, 6) is -0.0925. The molecule has 0 aliphatic rings. The Balaban J connectivity index is 3.78. The first-order valence-electron chi connectivity index (χ1n) is 15.9. The zero-order chi connectivity index (χ0) is 27.9. The Labute approximate surface area is 235 Å². The highest BCUT2D eigenvalue weighted by Crippen LogP contribution is 2.10. The third kappa shape index (κ3) is 26.0. The molecule has 0 spiro atoms. The zero-order valence-electron chi connectivity index (χ0n) is 24.9. The van der Waals surface area contributed by atoms with Gasteiger partial charge in [0, 0.05) is 6.42 Å². The molecule has 0 rings (SSSR count). The van der Waals surface area contributed by atoms with E-state index in [4.69, 9.17) is 0 Å². The minimum absolute atomic E-state index is 0.0925. The molecule has 4 nitrogen and oxygen atoms in total. The maximum Gasteiger partial charge on any atom is 0.220 e. The van der Waals surface area contributed by atoms with Crippen molar-refractivity contribution in [3.63, 3.8) is 0 Å². The van der Waals surface area contributed by atoms with Crippen molar-refractivity contribution >= 4 is 5.91 Å². The summed E-state index contributed by atoms with van der Waals surface area (Å²) < 4.78 is 0. The van der Waals surface area contributed by atoms with Crippen molar-refractivity contribution in [1.29, 1.82) is 0 Å². The number of carbonyl (C=O) groups is 1. The Kier molecular flexibility index (Phi) is 28.6. The second-order valence-corrected chi connectivity index (χ2v) is 10.5. The molecule has 0 saturated carbocycles. The van der Waals surface area contributed by atoms with E-state index in [-0.39, 0.29) is 12.5 Å². The summed E-state index contributed by atoms with van der Waals surface area (Å²) in [5, 5.41) is 22.7. The van der Waals surface area contributed by atoms with Crippen LogP contribution < -0.4 is 5.32 Å². The molecule has 1 amide bonds. The maximum absolute atomic E-state index is 12.2. The summed E-state index contributed by atoms with van der Waals surface area (Å²) in [6.07, 6.45) is 38.9. The molecule has 0 radical (unpaired) electrons. The Hall–Kier alpha value is -1.65. The van der Waals surface area contributed by atoms with Crippen molar-refractivity contribution in [2.45, 2.75) is 154 Å². The van der Waals surface area contributed by atoms with E-state index < -0.39 is 12.1 Å². The monoisotopic (exact) mass is 531 g/mol. The third-order valence-corrected chi connectivity index (χ3v) is 6.76. The fraction of sp³-hybridized carbons (Fsp3) is 0.735. The molecule has 4 heteroatoms. The van der Waals surface area contributed by atoms with Crippen molar-refractivity contribution in [3.8, 4) is 0 Å². The first-order valence-corrected chi connectivity index (χ1v) is 15.9. The molecule has 0 aromatic rings. The van der Waals surface area contributed by atoms with Gasteiger partial charge in [0.2, 0.25) is 5.91 Å². The summed E-state index contributed by atoms with van der Waals surface area (Å²) in [6, 6.07) is -0.646. The lowest BCUT2D eigenvalue weighted by atomic mass is 10.1. The smallest absolute Gasteiger partial charge is 0.220 e. The number of nitrogens with one attached hydrogen (secondary N) is 1. The van der Waals surface area contributed by atoms with E-state index in [0.717, 1.165) is 51.4 Å². The highest BCUT2D eigenvalue weighted by Gasteiger charge is 2.17. The van der Waals surface area contributed by atoms with Crippen molar-refractivity contribution < 1.29 is 15.0 Å². The largest absolute Gasteiger partial charge is 0.394 e. The van der Waals surface area contributed by atoms with Crippen LogP contribution in [-0.4, -0.2) is 34.9 Å². The lowest BCUT2D eigenvalue weighted by Gasteiger charge is -2.19. The minimum Gasteiger partial charge on any atom is -0.394 e. The lowest BCUT2D eigenvalue weighted by Crippen LogP contribution is -2.45. The summed E-state index contributed by atoms with van der Waals surface area (Å²) in [6.45, 7) is 4.20. The van der Waals surface area contributed by atoms with Gasteiger partial charge in [-0.05, 0) is 64.2 Å². The van der Waals surface area contributed by atoms with E-state index >= 15 is 0 Å². The summed E-state index contributed by atoms with van der Waals surface area (Å²) >= 11 is 0. The lowest BCUT2D eigenvalue weighted by molar-refractivity contribution is -0.123. The van der Waals surface area contributed by atoms with Crippen LogP contribution in [0.3, 0.4) is 0 Å². The molecule has 0 bridgehead atoms. The van der Waals surface area contributed by atoms with Crippen LogP contribution in [0.1, 0.15) is 142 Å². The zero-order valence-corrected chi connectivity index (χ0v) is 24.9. The van der Waals surface area contributed by atoms with E-state index in [1.54, 1.807) is 6.08 Å². The molecular formula is C34H61NO3. The molecule has 0 aromatic heterocycles. The molecule has 38 heavy (non-hydrogen) atoms. The van der Waals surface area contributed by atoms with Gasteiger partial charge in [-0.25, -0.2) is 0 Å². The number of hydrogen-bond donors (Lipinski definition) is 3. The predicted octanol–water partition coefficient (Wildman–Crippen LogP) is 8.89. The predicted molar refractivity (Wildman–Crippen MR) is 165 cm³/mol. The number of unbranched alkanes of at least 4 members (excludes halogenated alkanes) is 14. The fourth-order valence-corrected chi connectivity index (χ4v) is 4.25. The fourth-order valence-electron chi connectivity index (χ4n) is 4.25. The van der Waals surface area contributed by atoms with E-state index in [2.05, 4.69) is 55.6 Å². The number of rotatable bonds is 27. The van der Waals surface area contributed by atoms with Gasteiger partial charge in [-0.15, -0.1) is 0 Å². The van der Waals surface area contributed by atoms with Crippen LogP contribution >= 0.6 is 0 Å². The first kappa shape index (κ1) is 36.4. The van der Waals surface area contributed by atoms with Crippen molar-refractivity contribution in [3.05, 3.63) is 48.6 Å². The van der Waals surface area contributed by atoms with Gasteiger partial charge in [-0.2, -0.15) is 0 Å². The molecule has 0 fully saturated rings. The number of aliphatic hydroxyl groups excluding tert-OH is 2. The molecule has 0 saturated heterocycles. The van der Waals surface area contributed by atoms with E-state index in [1.165, 1.54) is 70.6 Å². The van der Waals surface area contributed by atoms with Crippen LogP contribution in [0.15, 0.2) is 48.6 Å². The van der Waals surface area contributed by atoms with Gasteiger partial charge < -0.3 is 15.5 Å². The second kappa shape index (κ2) is 29.9. The molecule has 0 aromatic carbocycles. The van der Waals surface area contributed by atoms with Gasteiger partial charge in [0.05, 0.1) is 18.8 Å². The Morgan fingerprint density at radius 2 is 1.05 bits per heavy atom. The van der Waals surface area contributed by atoms with Crippen molar-refractivity contribution in [2.75, 3.05) is 6.61 Å². The third-order valence-electron chi connectivity index (χ3n) is 6.76. The van der Waals surface area contributed by atoms with Gasteiger partial charge in [0.25, 0.3) is 0 Å². The number of amides is 1. The first-order chi connectivity index (χ1) is 18.7. The van der Waals surface area contributed by atoms with Crippen molar-refractivity contribution in [2.24, 2.45) is 0 Å². The molecule has 2 unspecified atom stereocenters. The van der Waals surface area contributed by atoms with Gasteiger partial charge >= 0.3 is 0 Å². The number of carbonyl (C=O) groups excluding carboxylic acids is 1. The quantitative estimate of drug-likeness (QED) is 0.0732. The van der Waals surface area contributed by atoms with Gasteiger partial charge in [0.15, 0.2) is 0 Å². The molecule has 0 aliphatic carbocycles. The standard InChI is InChI=1S/C34H61NO3/c1-3-5-7-9-11-13-15-17-18-20-22-24-26-28-30-34(38)35-32(31-36)33(37)29-27-25-23-21-19-16-14-12-10-8-6-4-2/h10,12,15,17,19,21,27,29,32-33,36-37H,3-9,11,13-14,16,18,20,22-26,28,30-31H2,1-2H3,(H,35,38)/b12-10+,17-15-,21-19+,29-27+. The summed E-state index contributed by atoms with van der Waals surface area (Å²) in [4.78, 5) is 12.2. The average molecular weight is 532 g/mol.